The molecule has 0 saturated carbocycles. The van der Waals surface area contributed by atoms with Crippen molar-refractivity contribution in [3.05, 3.63) is 65.7 Å². The van der Waals surface area contributed by atoms with Gasteiger partial charge in [0.2, 0.25) is 0 Å². The van der Waals surface area contributed by atoms with E-state index in [1.165, 1.54) is 0 Å². The van der Waals surface area contributed by atoms with Crippen LogP contribution in [0.5, 0.6) is 0 Å². The molecule has 0 unspecified atom stereocenters. The van der Waals surface area contributed by atoms with E-state index in [-0.39, 0.29) is 5.91 Å². The molecule has 88 valence electrons. The summed E-state index contributed by atoms with van der Waals surface area (Å²) >= 11 is 0. The Balaban J connectivity index is 2.14. The van der Waals surface area contributed by atoms with Gasteiger partial charge in [0.15, 0.2) is 0 Å². The molecule has 2 aromatic rings. The highest BCUT2D eigenvalue weighted by atomic mass is 16.2. The van der Waals surface area contributed by atoms with Crippen LogP contribution in [0.25, 0.3) is 11.6 Å². The van der Waals surface area contributed by atoms with Gasteiger partial charge in [0.1, 0.15) is 0 Å². The first kappa shape index (κ1) is 10.8. The average molecular weight is 235 g/mol. The number of likely N-dealkylation sites (N-methyl/N-ethyl adjacent to an activating group) is 1. The predicted octanol–water partition coefficient (Wildman–Crippen LogP) is 3.20. The smallest absolute Gasteiger partial charge is 0.258 e. The van der Waals surface area contributed by atoms with Crippen molar-refractivity contribution in [2.75, 3.05) is 11.9 Å². The van der Waals surface area contributed by atoms with E-state index in [1.807, 2.05) is 67.7 Å². The summed E-state index contributed by atoms with van der Waals surface area (Å²) in [7, 11) is 1.81. The maximum Gasteiger partial charge on any atom is 0.258 e. The Bertz CT molecular complexity index is 629. The second-order valence-electron chi connectivity index (χ2n) is 4.35. The van der Waals surface area contributed by atoms with Crippen LogP contribution in [-0.4, -0.2) is 13.0 Å². The number of anilines is 1. The lowest BCUT2D eigenvalue weighted by molar-refractivity contribution is -0.112. The van der Waals surface area contributed by atoms with Crippen molar-refractivity contribution >= 4 is 23.2 Å². The molecule has 0 saturated heterocycles. The fourth-order valence-electron chi connectivity index (χ4n) is 2.25. The van der Waals surface area contributed by atoms with Crippen molar-refractivity contribution in [3.8, 4) is 0 Å². The molecule has 0 aliphatic carbocycles. The summed E-state index contributed by atoms with van der Waals surface area (Å²) in [5.41, 5.74) is 3.80. The first-order chi connectivity index (χ1) is 8.77. The van der Waals surface area contributed by atoms with Crippen LogP contribution >= 0.6 is 0 Å². The van der Waals surface area contributed by atoms with Gasteiger partial charge in [0, 0.05) is 18.2 Å². The third-order valence-electron chi connectivity index (χ3n) is 3.20. The molecule has 0 N–H and O–H groups in total. The van der Waals surface area contributed by atoms with Gasteiger partial charge in [-0.1, -0.05) is 48.5 Å². The van der Waals surface area contributed by atoms with Crippen LogP contribution in [-0.2, 0) is 4.79 Å². The standard InChI is InChI=1S/C16H13NO/c1-17-15-10-6-5-9-13(15)14(16(17)18)11-12-7-3-2-4-8-12/h2-11H,1H3/b14-11+. The zero-order valence-electron chi connectivity index (χ0n) is 10.1. The molecule has 3 rings (SSSR count). The lowest BCUT2D eigenvalue weighted by Crippen LogP contribution is -2.20. The van der Waals surface area contributed by atoms with Crippen LogP contribution in [0.3, 0.4) is 0 Å². The van der Waals surface area contributed by atoms with Crippen molar-refractivity contribution in [2.24, 2.45) is 0 Å². The first-order valence-electron chi connectivity index (χ1n) is 5.91. The maximum atomic E-state index is 12.2. The molecule has 1 amide bonds. The zero-order chi connectivity index (χ0) is 12.5. The topological polar surface area (TPSA) is 20.3 Å². The Labute approximate surface area is 106 Å². The number of carbonyl (C=O) groups excluding carboxylic acids is 1. The molecular formula is C16H13NO. The molecule has 1 aliphatic rings. The minimum Gasteiger partial charge on any atom is -0.311 e. The van der Waals surface area contributed by atoms with Gasteiger partial charge in [-0.05, 0) is 17.7 Å². The maximum absolute atomic E-state index is 12.2. The Morgan fingerprint density at radius 3 is 2.39 bits per heavy atom. The van der Waals surface area contributed by atoms with E-state index in [4.69, 9.17) is 0 Å². The van der Waals surface area contributed by atoms with Gasteiger partial charge in [0.05, 0.1) is 5.69 Å². The molecule has 1 heterocycles. The quantitative estimate of drug-likeness (QED) is 0.695. The molecule has 2 heteroatoms. The number of amides is 1. The Kier molecular flexibility index (Phi) is 2.49. The minimum absolute atomic E-state index is 0.0556. The number of benzene rings is 2. The third-order valence-corrected chi connectivity index (χ3v) is 3.20. The third kappa shape index (κ3) is 1.63. The summed E-state index contributed by atoms with van der Waals surface area (Å²) in [6.45, 7) is 0. The van der Waals surface area contributed by atoms with Gasteiger partial charge < -0.3 is 4.90 Å². The van der Waals surface area contributed by atoms with Crippen molar-refractivity contribution < 1.29 is 4.79 Å². The molecule has 2 nitrogen and oxygen atoms in total. The summed E-state index contributed by atoms with van der Waals surface area (Å²) in [5, 5.41) is 0. The predicted molar refractivity (Wildman–Crippen MR) is 74.2 cm³/mol. The van der Waals surface area contributed by atoms with E-state index < -0.39 is 0 Å². The lowest BCUT2D eigenvalue weighted by atomic mass is 10.0. The van der Waals surface area contributed by atoms with Crippen molar-refractivity contribution in [3.63, 3.8) is 0 Å². The normalized spacial score (nSPS) is 16.2. The summed E-state index contributed by atoms with van der Waals surface area (Å²) in [6.07, 6.45) is 1.95. The van der Waals surface area contributed by atoms with Crippen LogP contribution in [0.4, 0.5) is 5.69 Å². The van der Waals surface area contributed by atoms with Gasteiger partial charge in [0.25, 0.3) is 5.91 Å². The fraction of sp³-hybridized carbons (Fsp3) is 0.0625. The number of hydrogen-bond donors (Lipinski definition) is 0. The van der Waals surface area contributed by atoms with E-state index in [0.717, 1.165) is 22.4 Å². The lowest BCUT2D eigenvalue weighted by Gasteiger charge is -2.07. The van der Waals surface area contributed by atoms with E-state index in [1.54, 1.807) is 4.90 Å². The van der Waals surface area contributed by atoms with Crippen molar-refractivity contribution in [1.82, 2.24) is 0 Å². The van der Waals surface area contributed by atoms with E-state index in [2.05, 4.69) is 0 Å². The Morgan fingerprint density at radius 2 is 1.61 bits per heavy atom. The number of nitrogens with zero attached hydrogens (tertiary/aromatic N) is 1. The second-order valence-corrected chi connectivity index (χ2v) is 4.35. The van der Waals surface area contributed by atoms with Gasteiger partial charge in [-0.15, -0.1) is 0 Å². The molecular weight excluding hydrogens is 222 g/mol. The highest BCUT2D eigenvalue weighted by molar-refractivity contribution is 6.35. The molecule has 0 fully saturated rings. The van der Waals surface area contributed by atoms with Gasteiger partial charge in [-0.25, -0.2) is 0 Å². The largest absolute Gasteiger partial charge is 0.311 e. The fourth-order valence-corrected chi connectivity index (χ4v) is 2.25. The van der Waals surface area contributed by atoms with Crippen LogP contribution in [0.1, 0.15) is 11.1 Å². The average Bonchev–Trinajstić information content (AvgIpc) is 2.66. The Hall–Kier alpha value is -2.35. The molecule has 0 bridgehead atoms. The van der Waals surface area contributed by atoms with Gasteiger partial charge in [-0.2, -0.15) is 0 Å². The molecule has 0 spiro atoms. The summed E-state index contributed by atoms with van der Waals surface area (Å²) in [4.78, 5) is 13.9. The van der Waals surface area contributed by atoms with Crippen LogP contribution in [0, 0.1) is 0 Å². The summed E-state index contributed by atoms with van der Waals surface area (Å²) in [6, 6.07) is 17.8. The van der Waals surface area contributed by atoms with Gasteiger partial charge >= 0.3 is 0 Å². The van der Waals surface area contributed by atoms with Gasteiger partial charge in [-0.3, -0.25) is 4.79 Å². The van der Waals surface area contributed by atoms with E-state index >= 15 is 0 Å². The summed E-state index contributed by atoms with van der Waals surface area (Å²) < 4.78 is 0. The van der Waals surface area contributed by atoms with Crippen molar-refractivity contribution in [2.45, 2.75) is 0 Å². The van der Waals surface area contributed by atoms with Crippen molar-refractivity contribution in [1.29, 1.82) is 0 Å². The zero-order valence-corrected chi connectivity index (χ0v) is 10.1. The molecule has 0 radical (unpaired) electrons. The highest BCUT2D eigenvalue weighted by Crippen LogP contribution is 2.36. The molecule has 0 atom stereocenters. The number of rotatable bonds is 1. The minimum atomic E-state index is 0.0556. The number of hydrogen-bond acceptors (Lipinski definition) is 1. The van der Waals surface area contributed by atoms with Crippen LogP contribution in [0.15, 0.2) is 54.6 Å². The number of fused-ring (bicyclic) bond motifs is 1. The molecule has 0 aromatic heterocycles. The molecule has 1 aliphatic heterocycles. The van der Waals surface area contributed by atoms with Crippen LogP contribution < -0.4 is 4.90 Å². The molecule has 2 aromatic carbocycles. The Morgan fingerprint density at radius 1 is 0.944 bits per heavy atom. The highest BCUT2D eigenvalue weighted by Gasteiger charge is 2.28. The summed E-state index contributed by atoms with van der Waals surface area (Å²) in [5.74, 6) is 0.0556. The monoisotopic (exact) mass is 235 g/mol. The second kappa shape index (κ2) is 4.15. The van der Waals surface area contributed by atoms with Crippen LogP contribution in [0.2, 0.25) is 0 Å². The molecule has 18 heavy (non-hydrogen) atoms. The number of carbonyl (C=O) groups is 1. The first-order valence-corrected chi connectivity index (χ1v) is 5.91. The SMILES string of the molecule is CN1C(=O)/C(=C/c2ccccc2)c2ccccc21. The number of para-hydroxylation sites is 1. The van der Waals surface area contributed by atoms with E-state index in [0.29, 0.717) is 0 Å². The van der Waals surface area contributed by atoms with E-state index in [9.17, 15) is 4.79 Å².